The van der Waals surface area contributed by atoms with Crippen LogP contribution in [0.4, 0.5) is 13.2 Å². The molecule has 0 aliphatic heterocycles. The van der Waals surface area contributed by atoms with E-state index in [0.717, 1.165) is 17.7 Å². The first-order valence-corrected chi connectivity index (χ1v) is 6.67. The van der Waals surface area contributed by atoms with Gasteiger partial charge in [0.1, 0.15) is 0 Å². The molecule has 1 aromatic heterocycles. The van der Waals surface area contributed by atoms with Gasteiger partial charge in [0.15, 0.2) is 5.43 Å². The van der Waals surface area contributed by atoms with E-state index in [2.05, 4.69) is 4.98 Å². The Morgan fingerprint density at radius 3 is 2.32 bits per heavy atom. The van der Waals surface area contributed by atoms with Crippen LogP contribution in [0.3, 0.4) is 0 Å². The van der Waals surface area contributed by atoms with Gasteiger partial charge in [-0.05, 0) is 30.7 Å². The first kappa shape index (κ1) is 14.4. The van der Waals surface area contributed by atoms with Crippen LogP contribution in [0.5, 0.6) is 0 Å². The van der Waals surface area contributed by atoms with Crippen LogP contribution in [-0.2, 0) is 6.18 Å². The third-order valence-electron chi connectivity index (χ3n) is 3.63. The second-order valence-electron chi connectivity index (χ2n) is 5.08. The SMILES string of the molecule is Cc1c(-c2ccccc2)[nH]c2cc(C(F)(F)F)ccc2c1=O. The quantitative estimate of drug-likeness (QED) is 0.704. The van der Waals surface area contributed by atoms with E-state index < -0.39 is 11.7 Å². The van der Waals surface area contributed by atoms with Gasteiger partial charge in [-0.2, -0.15) is 13.2 Å². The molecule has 0 bridgehead atoms. The molecule has 0 unspecified atom stereocenters. The molecule has 0 fully saturated rings. The molecule has 0 saturated heterocycles. The van der Waals surface area contributed by atoms with Crippen molar-refractivity contribution in [1.29, 1.82) is 0 Å². The zero-order chi connectivity index (χ0) is 15.9. The molecule has 5 heteroatoms. The van der Waals surface area contributed by atoms with Gasteiger partial charge in [-0.1, -0.05) is 30.3 Å². The van der Waals surface area contributed by atoms with Crippen molar-refractivity contribution in [2.45, 2.75) is 13.1 Å². The van der Waals surface area contributed by atoms with Gasteiger partial charge in [0.05, 0.1) is 16.8 Å². The number of aromatic nitrogens is 1. The number of pyridine rings is 1. The summed E-state index contributed by atoms with van der Waals surface area (Å²) in [6.45, 7) is 1.66. The van der Waals surface area contributed by atoms with Gasteiger partial charge in [0.2, 0.25) is 0 Å². The second kappa shape index (κ2) is 5.02. The fourth-order valence-electron chi connectivity index (χ4n) is 2.46. The third kappa shape index (κ3) is 2.39. The van der Waals surface area contributed by atoms with Crippen LogP contribution in [0.25, 0.3) is 22.2 Å². The molecule has 0 amide bonds. The van der Waals surface area contributed by atoms with Crippen molar-refractivity contribution in [3.8, 4) is 11.3 Å². The van der Waals surface area contributed by atoms with E-state index in [0.29, 0.717) is 11.3 Å². The Kier molecular flexibility index (Phi) is 3.28. The van der Waals surface area contributed by atoms with E-state index in [4.69, 9.17) is 0 Å². The molecule has 3 rings (SSSR count). The molecule has 0 spiro atoms. The first-order valence-electron chi connectivity index (χ1n) is 6.67. The average molecular weight is 303 g/mol. The molecule has 0 radical (unpaired) electrons. The maximum atomic E-state index is 12.8. The molecule has 0 atom stereocenters. The lowest BCUT2D eigenvalue weighted by molar-refractivity contribution is -0.137. The summed E-state index contributed by atoms with van der Waals surface area (Å²) in [6, 6.07) is 12.2. The number of benzene rings is 2. The van der Waals surface area contributed by atoms with Crippen LogP contribution in [0, 0.1) is 6.92 Å². The van der Waals surface area contributed by atoms with Gasteiger partial charge in [-0.15, -0.1) is 0 Å². The fourth-order valence-corrected chi connectivity index (χ4v) is 2.46. The Bertz CT molecular complexity index is 895. The topological polar surface area (TPSA) is 32.9 Å². The summed E-state index contributed by atoms with van der Waals surface area (Å²) in [7, 11) is 0. The van der Waals surface area contributed by atoms with Crippen molar-refractivity contribution in [3.05, 3.63) is 69.9 Å². The summed E-state index contributed by atoms with van der Waals surface area (Å²) >= 11 is 0. The number of H-pyrrole nitrogens is 1. The molecule has 0 saturated carbocycles. The number of fused-ring (bicyclic) bond motifs is 1. The maximum absolute atomic E-state index is 12.8. The number of rotatable bonds is 1. The number of alkyl halides is 3. The largest absolute Gasteiger partial charge is 0.416 e. The molecular formula is C17H12F3NO. The van der Waals surface area contributed by atoms with Crippen molar-refractivity contribution in [2.24, 2.45) is 0 Å². The zero-order valence-electron chi connectivity index (χ0n) is 11.7. The van der Waals surface area contributed by atoms with Gasteiger partial charge >= 0.3 is 6.18 Å². The van der Waals surface area contributed by atoms with E-state index >= 15 is 0 Å². The van der Waals surface area contributed by atoms with Gasteiger partial charge in [0.25, 0.3) is 0 Å². The number of hydrogen-bond acceptors (Lipinski definition) is 1. The highest BCUT2D eigenvalue weighted by atomic mass is 19.4. The third-order valence-corrected chi connectivity index (χ3v) is 3.63. The lowest BCUT2D eigenvalue weighted by atomic mass is 10.0. The molecule has 1 heterocycles. The molecule has 2 aromatic carbocycles. The van der Waals surface area contributed by atoms with Crippen molar-refractivity contribution in [3.63, 3.8) is 0 Å². The summed E-state index contributed by atoms with van der Waals surface area (Å²) in [5, 5.41) is 0.255. The highest BCUT2D eigenvalue weighted by Crippen LogP contribution is 2.31. The van der Waals surface area contributed by atoms with E-state index in [-0.39, 0.29) is 16.3 Å². The highest BCUT2D eigenvalue weighted by molar-refractivity contribution is 5.83. The van der Waals surface area contributed by atoms with Gasteiger partial charge in [-0.25, -0.2) is 0 Å². The van der Waals surface area contributed by atoms with E-state index in [1.807, 2.05) is 18.2 Å². The summed E-state index contributed by atoms with van der Waals surface area (Å²) in [4.78, 5) is 15.3. The van der Waals surface area contributed by atoms with Crippen molar-refractivity contribution in [1.82, 2.24) is 4.98 Å². The second-order valence-corrected chi connectivity index (χ2v) is 5.08. The van der Waals surface area contributed by atoms with E-state index in [9.17, 15) is 18.0 Å². The zero-order valence-corrected chi connectivity index (χ0v) is 11.7. The normalized spacial score (nSPS) is 11.8. The molecule has 3 aromatic rings. The van der Waals surface area contributed by atoms with Gasteiger partial charge < -0.3 is 4.98 Å². The predicted octanol–water partition coefficient (Wildman–Crippen LogP) is 4.52. The van der Waals surface area contributed by atoms with Crippen molar-refractivity contribution in [2.75, 3.05) is 0 Å². The maximum Gasteiger partial charge on any atom is 0.416 e. The average Bonchev–Trinajstić information content (AvgIpc) is 2.50. The minimum Gasteiger partial charge on any atom is -0.354 e. The summed E-state index contributed by atoms with van der Waals surface area (Å²) in [6.07, 6.45) is -4.44. The molecule has 1 N–H and O–H groups in total. The smallest absolute Gasteiger partial charge is 0.354 e. The van der Waals surface area contributed by atoms with Crippen LogP contribution >= 0.6 is 0 Å². The van der Waals surface area contributed by atoms with Crippen LogP contribution in [0.2, 0.25) is 0 Å². The van der Waals surface area contributed by atoms with Crippen LogP contribution in [-0.4, -0.2) is 4.98 Å². The number of halogens is 3. The Morgan fingerprint density at radius 2 is 1.68 bits per heavy atom. The number of nitrogens with one attached hydrogen (secondary N) is 1. The monoisotopic (exact) mass is 303 g/mol. The van der Waals surface area contributed by atoms with Crippen molar-refractivity contribution < 1.29 is 13.2 Å². The number of hydrogen-bond donors (Lipinski definition) is 1. The Morgan fingerprint density at radius 1 is 1.00 bits per heavy atom. The Balaban J connectivity index is 2.32. The molecule has 112 valence electrons. The van der Waals surface area contributed by atoms with E-state index in [1.165, 1.54) is 6.07 Å². The molecule has 0 aliphatic rings. The highest BCUT2D eigenvalue weighted by Gasteiger charge is 2.30. The van der Waals surface area contributed by atoms with E-state index in [1.54, 1.807) is 19.1 Å². The number of aromatic amines is 1. The lowest BCUT2D eigenvalue weighted by Gasteiger charge is -2.11. The van der Waals surface area contributed by atoms with Crippen LogP contribution in [0.1, 0.15) is 11.1 Å². The molecule has 22 heavy (non-hydrogen) atoms. The predicted molar refractivity (Wildman–Crippen MR) is 79.7 cm³/mol. The minimum absolute atomic E-state index is 0.185. The van der Waals surface area contributed by atoms with Crippen LogP contribution in [0.15, 0.2) is 53.3 Å². The lowest BCUT2D eigenvalue weighted by Crippen LogP contribution is -2.11. The summed E-state index contributed by atoms with van der Waals surface area (Å²) in [5.41, 5.74) is 0.927. The standard InChI is InChI=1S/C17H12F3NO/c1-10-15(11-5-3-2-4-6-11)21-14-9-12(17(18,19)20)7-8-13(14)16(10)22/h2-9H,1H3,(H,21,22). The summed E-state index contributed by atoms with van der Waals surface area (Å²) < 4.78 is 38.5. The minimum atomic E-state index is -4.44. The van der Waals surface area contributed by atoms with Crippen LogP contribution < -0.4 is 5.43 Å². The van der Waals surface area contributed by atoms with Gasteiger partial charge in [0, 0.05) is 10.9 Å². The van der Waals surface area contributed by atoms with Crippen molar-refractivity contribution >= 4 is 10.9 Å². The molecule has 0 aliphatic carbocycles. The Labute approximate surface area is 124 Å². The Hall–Kier alpha value is -2.56. The molecular weight excluding hydrogens is 291 g/mol. The fraction of sp³-hybridized carbons (Fsp3) is 0.118. The summed E-state index contributed by atoms with van der Waals surface area (Å²) in [5.74, 6) is 0. The van der Waals surface area contributed by atoms with Gasteiger partial charge in [-0.3, -0.25) is 4.79 Å². The molecule has 2 nitrogen and oxygen atoms in total. The first-order chi connectivity index (χ1) is 10.4.